The van der Waals surface area contributed by atoms with Gasteiger partial charge in [0.15, 0.2) is 5.82 Å². The number of rotatable bonds is 6. The van der Waals surface area contributed by atoms with Crippen LogP contribution >= 0.6 is 0 Å². The van der Waals surface area contributed by atoms with Gasteiger partial charge in [-0.1, -0.05) is 41.9 Å². The minimum atomic E-state index is 0.140. The minimum absolute atomic E-state index is 0.140. The molecule has 26 heavy (non-hydrogen) atoms. The molecule has 0 bridgehead atoms. The maximum absolute atomic E-state index is 5.58. The van der Waals surface area contributed by atoms with Crippen LogP contribution in [0, 0.1) is 18.8 Å². The van der Waals surface area contributed by atoms with Crippen molar-refractivity contribution in [2.24, 2.45) is 11.8 Å². The van der Waals surface area contributed by atoms with Crippen molar-refractivity contribution >= 4 is 0 Å². The lowest BCUT2D eigenvalue weighted by Gasteiger charge is -2.32. The minimum Gasteiger partial charge on any atom is -0.381 e. The van der Waals surface area contributed by atoms with Crippen LogP contribution in [0.2, 0.25) is 0 Å². The van der Waals surface area contributed by atoms with Crippen LogP contribution < -0.4 is 5.32 Å². The molecule has 1 aromatic heterocycles. The van der Waals surface area contributed by atoms with Gasteiger partial charge in [0.25, 0.3) is 0 Å². The molecular weight excluding hydrogens is 326 g/mol. The molecule has 5 nitrogen and oxygen atoms in total. The zero-order valence-electron chi connectivity index (χ0n) is 15.6. The summed E-state index contributed by atoms with van der Waals surface area (Å²) < 4.78 is 11.1. The van der Waals surface area contributed by atoms with Gasteiger partial charge in [-0.05, 0) is 56.4 Å². The fraction of sp³-hybridized carbons (Fsp3) is 0.619. The highest BCUT2D eigenvalue weighted by Crippen LogP contribution is 2.35. The van der Waals surface area contributed by atoms with Gasteiger partial charge in [-0.2, -0.15) is 4.98 Å². The van der Waals surface area contributed by atoms with Gasteiger partial charge in [0.2, 0.25) is 5.89 Å². The smallest absolute Gasteiger partial charge is 0.244 e. The number of aromatic nitrogens is 2. The fourth-order valence-electron chi connectivity index (χ4n) is 4.55. The van der Waals surface area contributed by atoms with Crippen LogP contribution in [0.25, 0.3) is 0 Å². The zero-order chi connectivity index (χ0) is 17.8. The molecule has 4 rings (SSSR count). The summed E-state index contributed by atoms with van der Waals surface area (Å²) in [5, 5.41) is 7.97. The summed E-state index contributed by atoms with van der Waals surface area (Å²) in [6.45, 7) is 3.55. The first-order valence-corrected chi connectivity index (χ1v) is 9.97. The van der Waals surface area contributed by atoms with Gasteiger partial charge in [-0.3, -0.25) is 0 Å². The van der Waals surface area contributed by atoms with Gasteiger partial charge in [0.05, 0.1) is 6.04 Å². The molecule has 1 saturated heterocycles. The predicted molar refractivity (Wildman–Crippen MR) is 99.7 cm³/mol. The van der Waals surface area contributed by atoms with Crippen LogP contribution in [0.15, 0.2) is 34.9 Å². The van der Waals surface area contributed by atoms with E-state index >= 15 is 0 Å². The largest absolute Gasteiger partial charge is 0.381 e. The molecule has 2 heterocycles. The van der Waals surface area contributed by atoms with Crippen molar-refractivity contribution in [3.05, 3.63) is 47.6 Å². The van der Waals surface area contributed by atoms with Gasteiger partial charge < -0.3 is 14.6 Å². The highest BCUT2D eigenvalue weighted by Gasteiger charge is 2.35. The molecule has 0 spiro atoms. The summed E-state index contributed by atoms with van der Waals surface area (Å²) >= 11 is 0. The Morgan fingerprint density at radius 1 is 1.12 bits per heavy atom. The van der Waals surface area contributed by atoms with E-state index in [1.54, 1.807) is 0 Å². The van der Waals surface area contributed by atoms with E-state index in [0.29, 0.717) is 23.7 Å². The van der Waals surface area contributed by atoms with Crippen LogP contribution in [0.5, 0.6) is 0 Å². The molecule has 5 heteroatoms. The standard InChI is InChI=1S/C21H29N3O2/c1-15-22-21(26-24-15)20(17-10-12-25-13-11-17)23-19-9-5-8-18(19)14-16-6-3-2-4-7-16/h2-4,6-7,17-20,23H,5,8-14H2,1H3/t18-,19+,20-/m1/s1. The zero-order valence-corrected chi connectivity index (χ0v) is 15.6. The summed E-state index contributed by atoms with van der Waals surface area (Å²) in [6.07, 6.45) is 7.05. The average molecular weight is 355 g/mol. The molecule has 1 aliphatic carbocycles. The molecule has 2 aromatic rings. The van der Waals surface area contributed by atoms with Crippen molar-refractivity contribution in [3.8, 4) is 0 Å². The van der Waals surface area contributed by atoms with E-state index in [4.69, 9.17) is 9.26 Å². The molecule has 0 unspecified atom stereocenters. The van der Waals surface area contributed by atoms with Crippen molar-refractivity contribution in [3.63, 3.8) is 0 Å². The van der Waals surface area contributed by atoms with Crippen LogP contribution in [-0.2, 0) is 11.2 Å². The second kappa shape index (κ2) is 8.31. The van der Waals surface area contributed by atoms with Gasteiger partial charge in [-0.25, -0.2) is 0 Å². The Labute approximate surface area is 155 Å². The van der Waals surface area contributed by atoms with Crippen LogP contribution in [0.3, 0.4) is 0 Å². The highest BCUT2D eigenvalue weighted by molar-refractivity contribution is 5.16. The number of hydrogen-bond acceptors (Lipinski definition) is 5. The van der Waals surface area contributed by atoms with Crippen LogP contribution in [0.1, 0.15) is 55.4 Å². The number of nitrogens with one attached hydrogen (secondary N) is 1. The SMILES string of the molecule is Cc1noc([C@H](N[C@H]2CCC[C@@H]2Cc2ccccc2)C2CCOCC2)n1. The molecular formula is C21H29N3O2. The van der Waals surface area contributed by atoms with E-state index in [0.717, 1.165) is 38.4 Å². The fourth-order valence-corrected chi connectivity index (χ4v) is 4.55. The lowest BCUT2D eigenvalue weighted by atomic mass is 9.88. The first-order valence-electron chi connectivity index (χ1n) is 9.97. The molecule has 0 amide bonds. The number of hydrogen-bond donors (Lipinski definition) is 1. The number of ether oxygens (including phenoxy) is 1. The van der Waals surface area contributed by atoms with E-state index < -0.39 is 0 Å². The predicted octanol–water partition coefficient (Wildman–Crippen LogP) is 3.85. The normalized spacial score (nSPS) is 25.4. The lowest BCUT2D eigenvalue weighted by molar-refractivity contribution is 0.0457. The summed E-state index contributed by atoms with van der Waals surface area (Å²) in [7, 11) is 0. The third kappa shape index (κ3) is 4.15. The number of benzene rings is 1. The molecule has 1 N–H and O–H groups in total. The first kappa shape index (κ1) is 17.7. The Bertz CT molecular complexity index is 682. The van der Waals surface area contributed by atoms with Crippen molar-refractivity contribution < 1.29 is 9.26 Å². The van der Waals surface area contributed by atoms with Crippen molar-refractivity contribution in [1.82, 2.24) is 15.5 Å². The van der Waals surface area contributed by atoms with E-state index in [2.05, 4.69) is 45.8 Å². The summed E-state index contributed by atoms with van der Waals surface area (Å²) in [6, 6.07) is 11.5. The van der Waals surface area contributed by atoms with Gasteiger partial charge in [0, 0.05) is 19.3 Å². The van der Waals surface area contributed by atoms with Crippen LogP contribution in [0.4, 0.5) is 0 Å². The van der Waals surface area contributed by atoms with Gasteiger partial charge in [-0.15, -0.1) is 0 Å². The molecule has 0 radical (unpaired) electrons. The Balaban J connectivity index is 1.48. The lowest BCUT2D eigenvalue weighted by Crippen LogP contribution is -2.41. The van der Waals surface area contributed by atoms with Crippen molar-refractivity contribution in [1.29, 1.82) is 0 Å². The molecule has 2 fully saturated rings. The topological polar surface area (TPSA) is 60.2 Å². The average Bonchev–Trinajstić information content (AvgIpc) is 3.30. The first-order chi connectivity index (χ1) is 12.8. The maximum atomic E-state index is 5.58. The Kier molecular flexibility index (Phi) is 5.65. The molecule has 1 aromatic carbocycles. The van der Waals surface area contributed by atoms with E-state index in [1.165, 1.54) is 24.8 Å². The Morgan fingerprint density at radius 3 is 2.65 bits per heavy atom. The summed E-state index contributed by atoms with van der Waals surface area (Å²) in [5.74, 6) is 2.64. The molecule has 140 valence electrons. The number of aryl methyl sites for hydroxylation is 1. The molecule has 1 saturated carbocycles. The van der Waals surface area contributed by atoms with Crippen molar-refractivity contribution in [2.75, 3.05) is 13.2 Å². The van der Waals surface area contributed by atoms with Crippen molar-refractivity contribution in [2.45, 2.75) is 57.5 Å². The molecule has 3 atom stereocenters. The van der Waals surface area contributed by atoms with Gasteiger partial charge >= 0.3 is 0 Å². The van der Waals surface area contributed by atoms with E-state index in [1.807, 2.05) is 6.92 Å². The monoisotopic (exact) mass is 355 g/mol. The molecule has 1 aliphatic heterocycles. The summed E-state index contributed by atoms with van der Waals surface area (Å²) in [4.78, 5) is 4.56. The van der Waals surface area contributed by atoms with Gasteiger partial charge in [0.1, 0.15) is 0 Å². The third-order valence-corrected chi connectivity index (χ3v) is 5.94. The Hall–Kier alpha value is -1.72. The Morgan fingerprint density at radius 2 is 1.92 bits per heavy atom. The summed E-state index contributed by atoms with van der Waals surface area (Å²) in [5.41, 5.74) is 1.43. The van der Waals surface area contributed by atoms with Crippen LogP contribution in [-0.4, -0.2) is 29.4 Å². The van der Waals surface area contributed by atoms with E-state index in [9.17, 15) is 0 Å². The number of nitrogens with zero attached hydrogens (tertiary/aromatic N) is 2. The molecule has 2 aliphatic rings. The highest BCUT2D eigenvalue weighted by atomic mass is 16.5. The third-order valence-electron chi connectivity index (χ3n) is 5.94. The second-order valence-electron chi connectivity index (χ2n) is 7.76. The quantitative estimate of drug-likeness (QED) is 0.853. The maximum Gasteiger partial charge on any atom is 0.244 e. The second-order valence-corrected chi connectivity index (χ2v) is 7.76. The van der Waals surface area contributed by atoms with E-state index in [-0.39, 0.29) is 6.04 Å².